The van der Waals surface area contributed by atoms with Gasteiger partial charge in [-0.25, -0.2) is 0 Å². The molecule has 146 valence electrons. The third kappa shape index (κ3) is 2.43. The maximum atomic E-state index is 12.6. The summed E-state index contributed by atoms with van der Waals surface area (Å²) in [5, 5.41) is 11.0. The van der Waals surface area contributed by atoms with Gasteiger partial charge in [-0.15, -0.1) is 0 Å². The van der Waals surface area contributed by atoms with Gasteiger partial charge >= 0.3 is 5.97 Å². The van der Waals surface area contributed by atoms with E-state index in [9.17, 15) is 9.90 Å². The average molecular weight is 384 g/mol. The minimum Gasteiger partial charge on any atom is -0.497 e. The maximum Gasteiger partial charge on any atom is 0.310 e. The number of fused-ring (bicyclic) bond motifs is 3. The van der Waals surface area contributed by atoms with Crippen molar-refractivity contribution in [3.63, 3.8) is 0 Å². The number of esters is 1. The molecule has 7 nitrogen and oxygen atoms in total. The first-order valence-corrected chi connectivity index (χ1v) is 9.12. The van der Waals surface area contributed by atoms with Gasteiger partial charge in [0.25, 0.3) is 0 Å². The third-order valence-corrected chi connectivity index (χ3v) is 5.88. The molecule has 1 aliphatic carbocycles. The van der Waals surface area contributed by atoms with Gasteiger partial charge in [0.15, 0.2) is 11.5 Å². The maximum absolute atomic E-state index is 12.6. The molecule has 2 aliphatic heterocycles. The molecule has 1 N–H and O–H groups in total. The van der Waals surface area contributed by atoms with Crippen molar-refractivity contribution in [2.75, 3.05) is 27.6 Å². The molecule has 0 bridgehead atoms. The topological polar surface area (TPSA) is 83.5 Å². The Morgan fingerprint density at radius 3 is 2.21 bits per heavy atom. The van der Waals surface area contributed by atoms with Crippen LogP contribution in [0.3, 0.4) is 0 Å². The first kappa shape index (κ1) is 17.2. The number of cyclic esters (lactones) is 1. The number of ether oxygens (including phenoxy) is 5. The Bertz CT molecular complexity index is 932. The van der Waals surface area contributed by atoms with Crippen molar-refractivity contribution in [1.29, 1.82) is 0 Å². The van der Waals surface area contributed by atoms with Crippen LogP contribution >= 0.6 is 0 Å². The molecule has 0 aromatic heterocycles. The average Bonchev–Trinajstić information content (AvgIpc) is 3.33. The summed E-state index contributed by atoms with van der Waals surface area (Å²) in [7, 11) is 3.17. The molecule has 0 radical (unpaired) electrons. The minimum absolute atomic E-state index is 0.140. The zero-order valence-corrected chi connectivity index (χ0v) is 15.5. The summed E-state index contributed by atoms with van der Waals surface area (Å²) in [5.74, 6) is 1.01. The van der Waals surface area contributed by atoms with Crippen LogP contribution in [0.25, 0.3) is 0 Å². The van der Waals surface area contributed by atoms with Crippen LogP contribution in [-0.4, -0.2) is 38.7 Å². The fourth-order valence-corrected chi connectivity index (χ4v) is 4.54. The summed E-state index contributed by atoms with van der Waals surface area (Å²) >= 11 is 0. The predicted molar refractivity (Wildman–Crippen MR) is 96.9 cm³/mol. The molecule has 0 saturated carbocycles. The number of rotatable bonds is 3. The highest BCUT2D eigenvalue weighted by Gasteiger charge is 2.52. The Kier molecular flexibility index (Phi) is 3.87. The van der Waals surface area contributed by atoms with E-state index in [1.807, 2.05) is 24.3 Å². The number of aliphatic hydroxyl groups is 1. The number of methoxy groups -OCH3 is 2. The molecule has 1 fully saturated rings. The van der Waals surface area contributed by atoms with E-state index in [1.54, 1.807) is 20.3 Å². The molecule has 2 aromatic rings. The smallest absolute Gasteiger partial charge is 0.310 e. The highest BCUT2D eigenvalue weighted by Crippen LogP contribution is 2.54. The number of hydrogen-bond donors (Lipinski definition) is 1. The molecule has 5 rings (SSSR count). The SMILES string of the molecule is COc1cc(OC)cc([C@@H]2c3cc4c(cc3[C@H](O)[C@H]3COC(=O)[C@@H]23)OCO4)c1. The fraction of sp³-hybridized carbons (Fsp3) is 0.381. The van der Waals surface area contributed by atoms with Crippen molar-refractivity contribution < 1.29 is 33.6 Å². The van der Waals surface area contributed by atoms with Crippen molar-refractivity contribution in [2.45, 2.75) is 12.0 Å². The van der Waals surface area contributed by atoms with Crippen molar-refractivity contribution >= 4 is 5.97 Å². The van der Waals surface area contributed by atoms with Crippen LogP contribution in [0.2, 0.25) is 0 Å². The molecule has 0 spiro atoms. The number of benzene rings is 2. The second kappa shape index (κ2) is 6.31. The van der Waals surface area contributed by atoms with Gasteiger partial charge in [0.05, 0.1) is 32.8 Å². The molecule has 4 atom stereocenters. The van der Waals surface area contributed by atoms with Crippen molar-refractivity contribution in [3.05, 3.63) is 47.0 Å². The lowest BCUT2D eigenvalue weighted by Gasteiger charge is -2.36. The minimum atomic E-state index is -0.815. The van der Waals surface area contributed by atoms with Gasteiger partial charge in [-0.3, -0.25) is 4.79 Å². The van der Waals surface area contributed by atoms with Gasteiger partial charge in [-0.05, 0) is 41.0 Å². The highest BCUT2D eigenvalue weighted by atomic mass is 16.7. The fourth-order valence-electron chi connectivity index (χ4n) is 4.54. The Morgan fingerprint density at radius 1 is 0.929 bits per heavy atom. The van der Waals surface area contributed by atoms with Crippen LogP contribution in [0.1, 0.15) is 28.7 Å². The normalized spacial score (nSPS) is 27.0. The zero-order valence-electron chi connectivity index (χ0n) is 15.5. The second-order valence-electron chi connectivity index (χ2n) is 7.22. The first-order chi connectivity index (χ1) is 13.6. The molecule has 7 heteroatoms. The molecule has 1 saturated heterocycles. The Labute approximate surface area is 161 Å². The quantitative estimate of drug-likeness (QED) is 0.814. The zero-order chi connectivity index (χ0) is 19.4. The van der Waals surface area contributed by atoms with E-state index in [-0.39, 0.29) is 31.2 Å². The third-order valence-electron chi connectivity index (χ3n) is 5.88. The van der Waals surface area contributed by atoms with E-state index in [2.05, 4.69) is 0 Å². The van der Waals surface area contributed by atoms with Crippen LogP contribution < -0.4 is 18.9 Å². The van der Waals surface area contributed by atoms with Gasteiger partial charge in [0.2, 0.25) is 6.79 Å². The van der Waals surface area contributed by atoms with Crippen molar-refractivity contribution in [3.8, 4) is 23.0 Å². The van der Waals surface area contributed by atoms with E-state index >= 15 is 0 Å². The summed E-state index contributed by atoms with van der Waals surface area (Å²) in [6.45, 7) is 0.330. The lowest BCUT2D eigenvalue weighted by Crippen LogP contribution is -2.34. The van der Waals surface area contributed by atoms with Crippen molar-refractivity contribution in [2.24, 2.45) is 11.8 Å². The largest absolute Gasteiger partial charge is 0.497 e. The van der Waals surface area contributed by atoms with Gasteiger partial charge in [-0.2, -0.15) is 0 Å². The van der Waals surface area contributed by atoms with Crippen LogP contribution in [-0.2, 0) is 9.53 Å². The predicted octanol–water partition coefficient (Wildman–Crippen LogP) is 2.40. The summed E-state index contributed by atoms with van der Waals surface area (Å²) in [4.78, 5) is 12.6. The lowest BCUT2D eigenvalue weighted by atomic mass is 9.66. The Hall–Kier alpha value is -2.93. The number of aliphatic hydroxyl groups excluding tert-OH is 1. The van der Waals surface area contributed by atoms with E-state index in [1.165, 1.54) is 0 Å². The van der Waals surface area contributed by atoms with E-state index in [0.717, 1.165) is 16.7 Å². The number of carbonyl (C=O) groups is 1. The molecule has 0 unspecified atom stereocenters. The standard InChI is InChI=1S/C21H20O7/c1-24-11-3-10(4-12(5-11)25-2)18-13-6-16-17(28-9-27-16)7-14(13)20(22)15-8-26-21(23)19(15)18/h3-7,15,18-20,22H,8-9H2,1-2H3/t15-,18+,19+,20-/m0/s1. The van der Waals surface area contributed by atoms with Crippen LogP contribution in [0.5, 0.6) is 23.0 Å². The van der Waals surface area contributed by atoms with E-state index in [0.29, 0.717) is 23.0 Å². The molecule has 0 amide bonds. The molecule has 2 aromatic carbocycles. The van der Waals surface area contributed by atoms with Crippen LogP contribution in [0, 0.1) is 11.8 Å². The lowest BCUT2D eigenvalue weighted by molar-refractivity contribution is -0.141. The van der Waals surface area contributed by atoms with Crippen LogP contribution in [0.4, 0.5) is 0 Å². The Morgan fingerprint density at radius 2 is 1.57 bits per heavy atom. The number of hydrogen-bond acceptors (Lipinski definition) is 7. The summed E-state index contributed by atoms with van der Waals surface area (Å²) in [6.07, 6.45) is -0.815. The van der Waals surface area contributed by atoms with E-state index in [4.69, 9.17) is 23.7 Å². The Balaban J connectivity index is 1.73. The van der Waals surface area contributed by atoms with Gasteiger partial charge in [0, 0.05) is 17.9 Å². The molecular formula is C21H20O7. The summed E-state index contributed by atoms with van der Waals surface area (Å²) in [5.41, 5.74) is 2.42. The first-order valence-electron chi connectivity index (χ1n) is 9.12. The van der Waals surface area contributed by atoms with Gasteiger partial charge in [-0.1, -0.05) is 0 Å². The van der Waals surface area contributed by atoms with E-state index < -0.39 is 12.0 Å². The highest BCUT2D eigenvalue weighted by molar-refractivity contribution is 5.78. The number of carbonyl (C=O) groups excluding carboxylic acids is 1. The molecule has 3 aliphatic rings. The van der Waals surface area contributed by atoms with Gasteiger partial charge < -0.3 is 28.8 Å². The van der Waals surface area contributed by atoms with Crippen LogP contribution in [0.15, 0.2) is 30.3 Å². The molecule has 28 heavy (non-hydrogen) atoms. The van der Waals surface area contributed by atoms with Crippen molar-refractivity contribution in [1.82, 2.24) is 0 Å². The second-order valence-corrected chi connectivity index (χ2v) is 7.22. The van der Waals surface area contributed by atoms with Gasteiger partial charge in [0.1, 0.15) is 11.5 Å². The summed E-state index contributed by atoms with van der Waals surface area (Å²) in [6, 6.07) is 9.24. The molecular weight excluding hydrogens is 364 g/mol. The monoisotopic (exact) mass is 384 g/mol. The summed E-state index contributed by atoms with van der Waals surface area (Å²) < 4.78 is 27.2. The molecule has 2 heterocycles.